The Labute approximate surface area is 155 Å². The van der Waals surface area contributed by atoms with Gasteiger partial charge in [0.15, 0.2) is 0 Å². The molecule has 4 rings (SSSR count). The molecule has 2 fully saturated rings. The number of nitrogens with one attached hydrogen (secondary N) is 2. The van der Waals surface area contributed by atoms with Crippen LogP contribution in [0.15, 0.2) is 12.4 Å². The standard InChI is InChI=1S/C19H29N7/c1-14-11-16(24-19(23-14)26-9-5-6-10-26)12-20-17(18-21-13-22-25-18)15-7-3-2-4-8-15/h11,13,15,17,20H,2-10,12H2,1H3,(H,21,22,25). The largest absolute Gasteiger partial charge is 0.341 e. The Hall–Kier alpha value is -2.02. The number of H-pyrrole nitrogens is 1. The average molecular weight is 355 g/mol. The van der Waals surface area contributed by atoms with Crippen molar-refractivity contribution in [1.29, 1.82) is 0 Å². The van der Waals surface area contributed by atoms with Crippen LogP contribution in [-0.4, -0.2) is 38.2 Å². The van der Waals surface area contributed by atoms with E-state index in [4.69, 9.17) is 4.98 Å². The average Bonchev–Trinajstić information content (AvgIpc) is 3.37. The molecule has 26 heavy (non-hydrogen) atoms. The number of hydrogen-bond donors (Lipinski definition) is 2. The van der Waals surface area contributed by atoms with E-state index in [0.717, 1.165) is 42.8 Å². The van der Waals surface area contributed by atoms with Gasteiger partial charge in [0.1, 0.15) is 12.2 Å². The lowest BCUT2D eigenvalue weighted by Crippen LogP contribution is -2.31. The Bertz CT molecular complexity index is 688. The number of aromatic amines is 1. The maximum absolute atomic E-state index is 4.82. The van der Waals surface area contributed by atoms with Gasteiger partial charge in [0.05, 0.1) is 11.7 Å². The lowest BCUT2D eigenvalue weighted by molar-refractivity contribution is 0.262. The highest BCUT2D eigenvalue weighted by Gasteiger charge is 2.27. The third-order valence-electron chi connectivity index (χ3n) is 5.64. The molecular formula is C19H29N7. The van der Waals surface area contributed by atoms with Crippen molar-refractivity contribution in [1.82, 2.24) is 30.5 Å². The molecule has 0 bridgehead atoms. The first-order valence-electron chi connectivity index (χ1n) is 9.98. The van der Waals surface area contributed by atoms with E-state index in [1.807, 2.05) is 0 Å². The van der Waals surface area contributed by atoms with E-state index in [2.05, 4.69) is 43.4 Å². The summed E-state index contributed by atoms with van der Waals surface area (Å²) in [5.41, 5.74) is 2.09. The van der Waals surface area contributed by atoms with Gasteiger partial charge in [-0.2, -0.15) is 5.10 Å². The number of rotatable bonds is 6. The number of anilines is 1. The molecular weight excluding hydrogens is 326 g/mol. The van der Waals surface area contributed by atoms with Gasteiger partial charge in [-0.1, -0.05) is 19.3 Å². The second kappa shape index (κ2) is 8.12. The maximum atomic E-state index is 4.82. The number of aryl methyl sites for hydroxylation is 1. The van der Waals surface area contributed by atoms with Crippen molar-refractivity contribution in [3.8, 4) is 0 Å². The summed E-state index contributed by atoms with van der Waals surface area (Å²) in [7, 11) is 0. The predicted molar refractivity (Wildman–Crippen MR) is 101 cm³/mol. The van der Waals surface area contributed by atoms with Crippen LogP contribution in [0.2, 0.25) is 0 Å². The minimum Gasteiger partial charge on any atom is -0.341 e. The van der Waals surface area contributed by atoms with Gasteiger partial charge in [-0.05, 0) is 44.6 Å². The Morgan fingerprint density at radius 1 is 1.15 bits per heavy atom. The maximum Gasteiger partial charge on any atom is 0.225 e. The van der Waals surface area contributed by atoms with Crippen LogP contribution in [0.3, 0.4) is 0 Å². The lowest BCUT2D eigenvalue weighted by Gasteiger charge is -2.29. The molecule has 1 unspecified atom stereocenters. The predicted octanol–water partition coefficient (Wildman–Crippen LogP) is 2.91. The monoisotopic (exact) mass is 355 g/mol. The molecule has 2 aliphatic rings. The summed E-state index contributed by atoms with van der Waals surface area (Å²) in [6, 6.07) is 2.30. The van der Waals surface area contributed by atoms with Gasteiger partial charge < -0.3 is 10.2 Å². The first-order valence-corrected chi connectivity index (χ1v) is 9.98. The molecule has 0 aromatic carbocycles. The van der Waals surface area contributed by atoms with E-state index in [1.54, 1.807) is 6.33 Å². The Morgan fingerprint density at radius 2 is 1.96 bits per heavy atom. The zero-order chi connectivity index (χ0) is 17.8. The van der Waals surface area contributed by atoms with E-state index < -0.39 is 0 Å². The topological polar surface area (TPSA) is 82.6 Å². The van der Waals surface area contributed by atoms with E-state index in [1.165, 1.54) is 44.9 Å². The molecule has 1 aliphatic heterocycles. The summed E-state index contributed by atoms with van der Waals surface area (Å²) in [4.78, 5) is 16.2. The molecule has 7 nitrogen and oxygen atoms in total. The van der Waals surface area contributed by atoms with E-state index >= 15 is 0 Å². The fourth-order valence-corrected chi connectivity index (χ4v) is 4.30. The van der Waals surface area contributed by atoms with E-state index in [0.29, 0.717) is 5.92 Å². The van der Waals surface area contributed by atoms with Crippen LogP contribution in [0.5, 0.6) is 0 Å². The highest BCUT2D eigenvalue weighted by atomic mass is 15.3. The fraction of sp³-hybridized carbons (Fsp3) is 0.684. The van der Waals surface area contributed by atoms with Crippen LogP contribution < -0.4 is 10.2 Å². The zero-order valence-corrected chi connectivity index (χ0v) is 15.6. The summed E-state index contributed by atoms with van der Waals surface area (Å²) < 4.78 is 0. The molecule has 2 N–H and O–H groups in total. The van der Waals surface area contributed by atoms with Crippen LogP contribution in [0, 0.1) is 12.8 Å². The zero-order valence-electron chi connectivity index (χ0n) is 15.6. The summed E-state index contributed by atoms with van der Waals surface area (Å²) in [6.07, 6.45) is 10.5. The van der Waals surface area contributed by atoms with Crippen LogP contribution in [0.1, 0.15) is 68.2 Å². The van der Waals surface area contributed by atoms with Gasteiger partial charge >= 0.3 is 0 Å². The van der Waals surface area contributed by atoms with Crippen molar-refractivity contribution in [2.24, 2.45) is 5.92 Å². The van der Waals surface area contributed by atoms with Gasteiger partial charge in [-0.25, -0.2) is 15.0 Å². The Kier molecular flexibility index (Phi) is 5.43. The summed E-state index contributed by atoms with van der Waals surface area (Å²) in [6.45, 7) is 4.92. The van der Waals surface area contributed by atoms with Gasteiger partial charge in [-0.15, -0.1) is 0 Å². The SMILES string of the molecule is Cc1cc(CNC(c2ncn[nH]2)C2CCCCC2)nc(N2CCCC2)n1. The van der Waals surface area contributed by atoms with Crippen molar-refractivity contribution in [2.45, 2.75) is 64.5 Å². The first kappa shape index (κ1) is 17.4. The minimum absolute atomic E-state index is 0.211. The van der Waals surface area contributed by atoms with Crippen molar-refractivity contribution in [3.05, 3.63) is 29.6 Å². The molecule has 2 aromatic rings. The van der Waals surface area contributed by atoms with Gasteiger partial charge in [0.25, 0.3) is 0 Å². The van der Waals surface area contributed by atoms with Crippen molar-refractivity contribution < 1.29 is 0 Å². The molecule has 140 valence electrons. The van der Waals surface area contributed by atoms with Crippen molar-refractivity contribution >= 4 is 5.95 Å². The normalized spacial score (nSPS) is 19.8. The van der Waals surface area contributed by atoms with E-state index in [9.17, 15) is 0 Å². The molecule has 0 amide bonds. The number of nitrogens with zero attached hydrogens (tertiary/aromatic N) is 5. The quantitative estimate of drug-likeness (QED) is 0.829. The van der Waals surface area contributed by atoms with Crippen LogP contribution >= 0.6 is 0 Å². The Balaban J connectivity index is 1.48. The third kappa shape index (κ3) is 4.03. The fourth-order valence-electron chi connectivity index (χ4n) is 4.30. The minimum atomic E-state index is 0.211. The van der Waals surface area contributed by atoms with Crippen molar-refractivity contribution in [2.75, 3.05) is 18.0 Å². The molecule has 1 atom stereocenters. The highest BCUT2D eigenvalue weighted by molar-refractivity contribution is 5.33. The molecule has 1 saturated heterocycles. The first-order chi connectivity index (χ1) is 12.8. The number of hydrogen-bond acceptors (Lipinski definition) is 6. The third-order valence-corrected chi connectivity index (χ3v) is 5.64. The highest BCUT2D eigenvalue weighted by Crippen LogP contribution is 2.33. The number of aromatic nitrogens is 5. The molecule has 1 saturated carbocycles. The second-order valence-electron chi connectivity index (χ2n) is 7.62. The van der Waals surface area contributed by atoms with Gasteiger partial charge in [0, 0.05) is 25.3 Å². The molecule has 0 spiro atoms. The smallest absolute Gasteiger partial charge is 0.225 e. The molecule has 2 aromatic heterocycles. The van der Waals surface area contributed by atoms with Gasteiger partial charge in [-0.3, -0.25) is 5.10 Å². The van der Waals surface area contributed by atoms with Crippen LogP contribution in [0.25, 0.3) is 0 Å². The lowest BCUT2D eigenvalue weighted by atomic mass is 9.83. The molecule has 7 heteroatoms. The van der Waals surface area contributed by atoms with E-state index in [-0.39, 0.29) is 6.04 Å². The summed E-state index contributed by atoms with van der Waals surface area (Å²) >= 11 is 0. The summed E-state index contributed by atoms with van der Waals surface area (Å²) in [5.74, 6) is 2.44. The van der Waals surface area contributed by atoms with Crippen LogP contribution in [-0.2, 0) is 6.54 Å². The molecule has 1 aliphatic carbocycles. The molecule has 3 heterocycles. The van der Waals surface area contributed by atoms with Crippen molar-refractivity contribution in [3.63, 3.8) is 0 Å². The summed E-state index contributed by atoms with van der Waals surface area (Å²) in [5, 5.41) is 10.8. The Morgan fingerprint density at radius 3 is 2.69 bits per heavy atom. The van der Waals surface area contributed by atoms with Gasteiger partial charge in [0.2, 0.25) is 5.95 Å². The molecule has 0 radical (unpaired) electrons. The second-order valence-corrected chi connectivity index (χ2v) is 7.62. The van der Waals surface area contributed by atoms with Crippen LogP contribution in [0.4, 0.5) is 5.95 Å².